The summed E-state index contributed by atoms with van der Waals surface area (Å²) < 4.78 is 46.4. The molecule has 0 radical (unpaired) electrons. The molecule has 0 aromatic heterocycles. The lowest BCUT2D eigenvalue weighted by molar-refractivity contribution is 0.0464. The molecule has 0 heterocycles. The van der Waals surface area contributed by atoms with Gasteiger partial charge in [0.15, 0.2) is 0 Å². The van der Waals surface area contributed by atoms with Crippen LogP contribution < -0.4 is 9.88 Å². The van der Waals surface area contributed by atoms with Gasteiger partial charge in [-0.2, -0.15) is 0 Å². The number of hydrogen-bond donors (Lipinski definition) is 1. The molecular weight excluding hydrogens is 325 g/mol. The predicted octanol–water partition coefficient (Wildman–Crippen LogP) is 1.84. The SMILES string of the molecule is COc1ccccc1COC(=O)c1cc(S(N)(=O)=O)ccc1F. The van der Waals surface area contributed by atoms with E-state index in [1.807, 2.05) is 0 Å². The first-order chi connectivity index (χ1) is 10.8. The van der Waals surface area contributed by atoms with E-state index in [4.69, 9.17) is 14.6 Å². The van der Waals surface area contributed by atoms with Crippen molar-refractivity contribution in [3.8, 4) is 5.75 Å². The fourth-order valence-corrected chi connectivity index (χ4v) is 2.42. The molecule has 8 heteroatoms. The van der Waals surface area contributed by atoms with E-state index in [1.54, 1.807) is 24.3 Å². The summed E-state index contributed by atoms with van der Waals surface area (Å²) >= 11 is 0. The molecule has 23 heavy (non-hydrogen) atoms. The third-order valence-corrected chi connectivity index (χ3v) is 3.95. The fourth-order valence-electron chi connectivity index (χ4n) is 1.88. The number of para-hydroxylation sites is 1. The Labute approximate surface area is 132 Å². The maximum atomic E-state index is 13.7. The fraction of sp³-hybridized carbons (Fsp3) is 0.133. The van der Waals surface area contributed by atoms with Crippen molar-refractivity contribution in [3.63, 3.8) is 0 Å². The van der Waals surface area contributed by atoms with Crippen molar-refractivity contribution in [2.24, 2.45) is 5.14 Å². The van der Waals surface area contributed by atoms with E-state index >= 15 is 0 Å². The van der Waals surface area contributed by atoms with Gasteiger partial charge in [0.05, 0.1) is 17.6 Å². The number of carbonyl (C=O) groups excluding carboxylic acids is 1. The molecule has 122 valence electrons. The Morgan fingerprint density at radius 3 is 2.57 bits per heavy atom. The molecule has 0 fully saturated rings. The highest BCUT2D eigenvalue weighted by Crippen LogP contribution is 2.20. The van der Waals surface area contributed by atoms with E-state index in [2.05, 4.69) is 0 Å². The van der Waals surface area contributed by atoms with E-state index < -0.39 is 27.4 Å². The second-order valence-electron chi connectivity index (χ2n) is 4.57. The molecular formula is C15H14FNO5S. The van der Waals surface area contributed by atoms with Gasteiger partial charge in [0.1, 0.15) is 18.2 Å². The molecule has 0 aliphatic rings. The Balaban J connectivity index is 2.21. The summed E-state index contributed by atoms with van der Waals surface area (Å²) in [7, 11) is -2.58. The molecule has 0 unspecified atom stereocenters. The smallest absolute Gasteiger partial charge is 0.341 e. The Morgan fingerprint density at radius 1 is 1.22 bits per heavy atom. The Kier molecular flexibility index (Phi) is 4.97. The van der Waals surface area contributed by atoms with Gasteiger partial charge in [-0.3, -0.25) is 0 Å². The number of benzene rings is 2. The van der Waals surface area contributed by atoms with Crippen molar-refractivity contribution in [2.75, 3.05) is 7.11 Å². The van der Waals surface area contributed by atoms with Crippen LogP contribution in [0.3, 0.4) is 0 Å². The van der Waals surface area contributed by atoms with Crippen LogP contribution >= 0.6 is 0 Å². The average molecular weight is 339 g/mol. The maximum Gasteiger partial charge on any atom is 0.341 e. The van der Waals surface area contributed by atoms with Crippen LogP contribution in [0.15, 0.2) is 47.4 Å². The minimum absolute atomic E-state index is 0.151. The molecule has 0 saturated carbocycles. The molecule has 6 nitrogen and oxygen atoms in total. The van der Waals surface area contributed by atoms with Crippen molar-refractivity contribution >= 4 is 16.0 Å². The second kappa shape index (κ2) is 6.76. The molecule has 0 aliphatic carbocycles. The number of rotatable bonds is 5. The summed E-state index contributed by atoms with van der Waals surface area (Å²) in [5.41, 5.74) is 0.0813. The van der Waals surface area contributed by atoms with Crippen LogP contribution in [0.2, 0.25) is 0 Å². The molecule has 2 N–H and O–H groups in total. The van der Waals surface area contributed by atoms with Gasteiger partial charge in [-0.15, -0.1) is 0 Å². The van der Waals surface area contributed by atoms with Crippen molar-refractivity contribution < 1.29 is 27.1 Å². The van der Waals surface area contributed by atoms with Crippen LogP contribution in [0.4, 0.5) is 4.39 Å². The number of methoxy groups -OCH3 is 1. The van der Waals surface area contributed by atoms with E-state index in [-0.39, 0.29) is 11.5 Å². The monoisotopic (exact) mass is 339 g/mol. The van der Waals surface area contributed by atoms with Crippen LogP contribution in [0, 0.1) is 5.82 Å². The van der Waals surface area contributed by atoms with Crippen LogP contribution in [0.1, 0.15) is 15.9 Å². The van der Waals surface area contributed by atoms with Gasteiger partial charge in [-0.1, -0.05) is 18.2 Å². The standard InChI is InChI=1S/C15H14FNO5S/c1-21-14-5-3-2-4-10(14)9-22-15(18)12-8-11(23(17,19)20)6-7-13(12)16/h2-8H,9H2,1H3,(H2,17,19,20). The van der Waals surface area contributed by atoms with Gasteiger partial charge in [0.2, 0.25) is 10.0 Å². The lowest BCUT2D eigenvalue weighted by Crippen LogP contribution is -2.15. The molecule has 0 bridgehead atoms. The Bertz CT molecular complexity index is 836. The molecule has 0 atom stereocenters. The van der Waals surface area contributed by atoms with Gasteiger partial charge >= 0.3 is 5.97 Å². The number of primary sulfonamides is 1. The summed E-state index contributed by atoms with van der Waals surface area (Å²) in [6.45, 7) is -0.151. The number of esters is 1. The lowest BCUT2D eigenvalue weighted by atomic mass is 10.2. The first-order valence-electron chi connectivity index (χ1n) is 6.44. The van der Waals surface area contributed by atoms with Crippen molar-refractivity contribution in [1.29, 1.82) is 0 Å². The van der Waals surface area contributed by atoms with E-state index in [0.29, 0.717) is 11.3 Å². The van der Waals surface area contributed by atoms with Gasteiger partial charge in [-0.25, -0.2) is 22.7 Å². The zero-order chi connectivity index (χ0) is 17.0. The largest absolute Gasteiger partial charge is 0.496 e. The summed E-state index contributed by atoms with van der Waals surface area (Å²) in [5, 5.41) is 4.96. The first kappa shape index (κ1) is 16.9. The number of sulfonamides is 1. The zero-order valence-electron chi connectivity index (χ0n) is 12.2. The van der Waals surface area contributed by atoms with Crippen molar-refractivity contribution in [2.45, 2.75) is 11.5 Å². The number of nitrogens with two attached hydrogens (primary N) is 1. The average Bonchev–Trinajstić information content (AvgIpc) is 2.52. The predicted molar refractivity (Wildman–Crippen MR) is 79.9 cm³/mol. The summed E-state index contributed by atoms with van der Waals surface area (Å²) in [6, 6.07) is 9.51. The highest BCUT2D eigenvalue weighted by molar-refractivity contribution is 7.89. The Hall–Kier alpha value is -2.45. The number of hydrogen-bond acceptors (Lipinski definition) is 5. The van der Waals surface area contributed by atoms with Gasteiger partial charge in [0.25, 0.3) is 0 Å². The quantitative estimate of drug-likeness (QED) is 0.839. The van der Waals surface area contributed by atoms with Crippen molar-refractivity contribution in [3.05, 3.63) is 59.4 Å². The number of carbonyl (C=O) groups is 1. The molecule has 0 saturated heterocycles. The summed E-state index contributed by atoms with van der Waals surface area (Å²) in [5.74, 6) is -1.39. The van der Waals surface area contributed by atoms with Crippen LogP contribution in [-0.2, 0) is 21.4 Å². The number of ether oxygens (including phenoxy) is 2. The summed E-state index contributed by atoms with van der Waals surface area (Å²) in [6.07, 6.45) is 0. The first-order valence-corrected chi connectivity index (χ1v) is 7.99. The second-order valence-corrected chi connectivity index (χ2v) is 6.14. The zero-order valence-corrected chi connectivity index (χ0v) is 13.0. The van der Waals surface area contributed by atoms with Gasteiger partial charge in [0, 0.05) is 5.56 Å². The van der Waals surface area contributed by atoms with E-state index in [9.17, 15) is 17.6 Å². The van der Waals surface area contributed by atoms with Crippen molar-refractivity contribution in [1.82, 2.24) is 0 Å². The highest BCUT2D eigenvalue weighted by Gasteiger charge is 2.18. The van der Waals surface area contributed by atoms with Crippen LogP contribution in [0.25, 0.3) is 0 Å². The third kappa shape index (κ3) is 4.05. The van der Waals surface area contributed by atoms with Crippen LogP contribution in [-0.4, -0.2) is 21.5 Å². The molecule has 2 rings (SSSR count). The topological polar surface area (TPSA) is 95.7 Å². The van der Waals surface area contributed by atoms with E-state index in [0.717, 1.165) is 18.2 Å². The third-order valence-electron chi connectivity index (χ3n) is 3.04. The molecule has 0 spiro atoms. The molecule has 2 aromatic carbocycles. The molecule has 0 aliphatic heterocycles. The minimum atomic E-state index is -4.05. The van der Waals surface area contributed by atoms with Gasteiger partial charge < -0.3 is 9.47 Å². The normalized spacial score (nSPS) is 11.1. The summed E-state index contributed by atoms with van der Waals surface area (Å²) in [4.78, 5) is 11.6. The molecule has 2 aromatic rings. The van der Waals surface area contributed by atoms with Crippen LogP contribution in [0.5, 0.6) is 5.75 Å². The maximum absolute atomic E-state index is 13.7. The number of halogens is 1. The minimum Gasteiger partial charge on any atom is -0.496 e. The van der Waals surface area contributed by atoms with Gasteiger partial charge in [-0.05, 0) is 24.3 Å². The van der Waals surface area contributed by atoms with E-state index in [1.165, 1.54) is 7.11 Å². The molecule has 0 amide bonds. The highest BCUT2D eigenvalue weighted by atomic mass is 32.2. The lowest BCUT2D eigenvalue weighted by Gasteiger charge is -2.10. The Morgan fingerprint density at radius 2 is 1.91 bits per heavy atom.